The van der Waals surface area contributed by atoms with E-state index in [4.69, 9.17) is 11.6 Å². The summed E-state index contributed by atoms with van der Waals surface area (Å²) in [6.07, 6.45) is -0.693. The molecule has 1 aromatic rings. The number of likely N-dealkylation sites (N-methyl/N-ethyl adjacent to an activating group) is 1. The molecule has 3 aliphatic heterocycles. The van der Waals surface area contributed by atoms with Crippen molar-refractivity contribution in [2.45, 2.75) is 38.9 Å². The number of carbonyl (C=O) groups is 2. The smallest absolute Gasteiger partial charge is 0.310 e. The molecular formula is C20H25ClN6O2. The van der Waals surface area contributed by atoms with Crippen molar-refractivity contribution in [1.29, 1.82) is 0 Å². The highest BCUT2D eigenvalue weighted by atomic mass is 35.5. The number of urea groups is 1. The molecule has 2 saturated heterocycles. The molecule has 3 heterocycles. The van der Waals surface area contributed by atoms with Crippen LogP contribution in [0.3, 0.4) is 0 Å². The van der Waals surface area contributed by atoms with E-state index < -0.39 is 12.2 Å². The van der Waals surface area contributed by atoms with E-state index in [9.17, 15) is 9.59 Å². The number of fused-ring (bicyclic) bond motifs is 3. The Hall–Kier alpha value is -2.42. The standard InChI is InChI=1S/C20H25ClN6O2/c1-12(2)9-27-19-22-17-16(25(19)10-13(3)23-27)18(28)26(20(29)24(17)4)11-14-7-5-6-8-15(14)21/h5-8,16-17,19,22H,1,9-11H2,2-4H3. The molecule has 0 saturated carbocycles. The molecule has 0 aliphatic carbocycles. The summed E-state index contributed by atoms with van der Waals surface area (Å²) < 4.78 is 0. The van der Waals surface area contributed by atoms with Crippen molar-refractivity contribution in [3.63, 3.8) is 0 Å². The number of imide groups is 1. The minimum Gasteiger partial charge on any atom is -0.310 e. The zero-order valence-corrected chi connectivity index (χ0v) is 17.6. The summed E-state index contributed by atoms with van der Waals surface area (Å²) in [5.74, 6) is -0.224. The molecule has 154 valence electrons. The van der Waals surface area contributed by atoms with Gasteiger partial charge in [-0.05, 0) is 25.5 Å². The highest BCUT2D eigenvalue weighted by molar-refractivity contribution is 6.31. The van der Waals surface area contributed by atoms with Crippen molar-refractivity contribution in [1.82, 2.24) is 25.0 Å². The second-order valence-electron chi connectivity index (χ2n) is 7.90. The molecule has 2 fully saturated rings. The van der Waals surface area contributed by atoms with Gasteiger partial charge in [0.05, 0.1) is 13.1 Å². The van der Waals surface area contributed by atoms with Crippen LogP contribution in [0.5, 0.6) is 0 Å². The molecule has 0 bridgehead atoms. The average molecular weight is 417 g/mol. The number of carbonyl (C=O) groups excluding carboxylic acids is 2. The first kappa shape index (κ1) is 19.9. The summed E-state index contributed by atoms with van der Waals surface area (Å²) in [7, 11) is 1.72. The predicted molar refractivity (Wildman–Crippen MR) is 111 cm³/mol. The van der Waals surface area contributed by atoms with E-state index in [0.29, 0.717) is 18.1 Å². The van der Waals surface area contributed by atoms with Gasteiger partial charge in [0, 0.05) is 24.3 Å². The maximum absolute atomic E-state index is 13.4. The number of halogens is 1. The van der Waals surface area contributed by atoms with Crippen molar-refractivity contribution in [2.75, 3.05) is 20.1 Å². The summed E-state index contributed by atoms with van der Waals surface area (Å²) in [6.45, 7) is 9.13. The van der Waals surface area contributed by atoms with Crippen molar-refractivity contribution in [3.8, 4) is 0 Å². The zero-order valence-electron chi connectivity index (χ0n) is 16.8. The van der Waals surface area contributed by atoms with E-state index in [1.165, 1.54) is 4.90 Å². The topological polar surface area (TPSA) is 71.5 Å². The summed E-state index contributed by atoms with van der Waals surface area (Å²) in [6, 6.07) is 6.42. The molecule has 1 N–H and O–H groups in total. The van der Waals surface area contributed by atoms with Crippen LogP contribution < -0.4 is 5.32 Å². The van der Waals surface area contributed by atoms with Crippen LogP contribution in [0.25, 0.3) is 0 Å². The molecule has 3 aliphatic rings. The Balaban J connectivity index is 1.64. The molecule has 8 nitrogen and oxygen atoms in total. The van der Waals surface area contributed by atoms with Gasteiger partial charge >= 0.3 is 6.03 Å². The lowest BCUT2D eigenvalue weighted by molar-refractivity contribution is -0.139. The zero-order chi connectivity index (χ0) is 20.9. The fourth-order valence-electron chi connectivity index (χ4n) is 4.19. The van der Waals surface area contributed by atoms with Gasteiger partial charge in [0.15, 0.2) is 6.29 Å². The van der Waals surface area contributed by atoms with Gasteiger partial charge in [-0.2, -0.15) is 5.10 Å². The predicted octanol–water partition coefficient (Wildman–Crippen LogP) is 1.89. The quantitative estimate of drug-likeness (QED) is 0.759. The van der Waals surface area contributed by atoms with E-state index in [-0.39, 0.29) is 24.8 Å². The van der Waals surface area contributed by atoms with Crippen LogP contribution >= 0.6 is 11.6 Å². The normalized spacial score (nSPS) is 27.1. The van der Waals surface area contributed by atoms with Gasteiger partial charge in [0.1, 0.15) is 12.2 Å². The lowest BCUT2D eigenvalue weighted by Crippen LogP contribution is -2.66. The third-order valence-corrected chi connectivity index (χ3v) is 5.84. The van der Waals surface area contributed by atoms with Gasteiger partial charge < -0.3 is 4.90 Å². The summed E-state index contributed by atoms with van der Waals surface area (Å²) in [5, 5.41) is 10.5. The number of nitrogens with one attached hydrogen (secondary N) is 1. The van der Waals surface area contributed by atoms with Gasteiger partial charge in [0.25, 0.3) is 5.91 Å². The minimum absolute atomic E-state index is 0.145. The van der Waals surface area contributed by atoms with Gasteiger partial charge in [0.2, 0.25) is 0 Å². The summed E-state index contributed by atoms with van der Waals surface area (Å²) >= 11 is 6.27. The van der Waals surface area contributed by atoms with Crippen molar-refractivity contribution < 1.29 is 9.59 Å². The third-order valence-electron chi connectivity index (χ3n) is 5.47. The Morgan fingerprint density at radius 2 is 2.07 bits per heavy atom. The number of amides is 3. The molecule has 3 amide bonds. The second kappa shape index (κ2) is 7.44. The number of nitrogens with zero attached hydrogens (tertiary/aromatic N) is 5. The molecule has 4 rings (SSSR count). The number of rotatable bonds is 4. The van der Waals surface area contributed by atoms with Crippen molar-refractivity contribution >= 4 is 29.3 Å². The highest BCUT2D eigenvalue weighted by Gasteiger charge is 2.56. The molecular weight excluding hydrogens is 392 g/mol. The van der Waals surface area contributed by atoms with E-state index in [1.54, 1.807) is 18.0 Å². The molecule has 0 spiro atoms. The van der Waals surface area contributed by atoms with Crippen LogP contribution in [0.15, 0.2) is 41.5 Å². The molecule has 29 heavy (non-hydrogen) atoms. The lowest BCUT2D eigenvalue weighted by Gasteiger charge is -2.42. The highest BCUT2D eigenvalue weighted by Crippen LogP contribution is 2.31. The second-order valence-corrected chi connectivity index (χ2v) is 8.31. The van der Waals surface area contributed by atoms with Gasteiger partial charge in [-0.3, -0.25) is 20.0 Å². The Kier molecular flexibility index (Phi) is 5.10. The fraction of sp³-hybridized carbons (Fsp3) is 0.450. The van der Waals surface area contributed by atoms with Crippen LogP contribution in [-0.4, -0.2) is 76.0 Å². The van der Waals surface area contributed by atoms with Crippen LogP contribution in [0.1, 0.15) is 19.4 Å². The van der Waals surface area contributed by atoms with Gasteiger partial charge in [-0.1, -0.05) is 42.0 Å². The summed E-state index contributed by atoms with van der Waals surface area (Å²) in [5.41, 5.74) is 2.62. The van der Waals surface area contributed by atoms with E-state index in [0.717, 1.165) is 16.8 Å². The fourth-order valence-corrected chi connectivity index (χ4v) is 4.39. The third kappa shape index (κ3) is 3.41. The first-order valence-corrected chi connectivity index (χ1v) is 9.94. The SMILES string of the molecule is C=C(C)CN1N=C(C)CN2C3C(=O)N(Cc4ccccc4Cl)C(=O)N(C)C3NC12. The average Bonchev–Trinajstić information content (AvgIpc) is 3.04. The molecule has 0 aromatic heterocycles. The van der Waals surface area contributed by atoms with Gasteiger partial charge in [-0.15, -0.1) is 0 Å². The minimum atomic E-state index is -0.497. The molecule has 1 aromatic carbocycles. The number of benzene rings is 1. The number of hydrazone groups is 1. The van der Waals surface area contributed by atoms with Crippen molar-refractivity contribution in [3.05, 3.63) is 47.0 Å². The van der Waals surface area contributed by atoms with E-state index >= 15 is 0 Å². The molecule has 0 radical (unpaired) electrons. The maximum Gasteiger partial charge on any atom is 0.328 e. The van der Waals surface area contributed by atoms with E-state index in [2.05, 4.69) is 21.9 Å². The first-order chi connectivity index (χ1) is 13.8. The molecule has 3 atom stereocenters. The maximum atomic E-state index is 13.4. The molecule has 9 heteroatoms. The Morgan fingerprint density at radius 3 is 2.76 bits per heavy atom. The van der Waals surface area contributed by atoms with Crippen LogP contribution in [0.2, 0.25) is 5.02 Å². The Morgan fingerprint density at radius 1 is 1.34 bits per heavy atom. The van der Waals surface area contributed by atoms with Crippen LogP contribution in [0, 0.1) is 0 Å². The monoisotopic (exact) mass is 416 g/mol. The molecule has 3 unspecified atom stereocenters. The Bertz CT molecular complexity index is 903. The van der Waals surface area contributed by atoms with E-state index in [1.807, 2.05) is 37.1 Å². The van der Waals surface area contributed by atoms with Crippen LogP contribution in [-0.2, 0) is 11.3 Å². The van der Waals surface area contributed by atoms with Crippen LogP contribution in [0.4, 0.5) is 4.79 Å². The van der Waals surface area contributed by atoms with Gasteiger partial charge in [-0.25, -0.2) is 9.69 Å². The number of hydrogen-bond donors (Lipinski definition) is 1. The van der Waals surface area contributed by atoms with Crippen molar-refractivity contribution in [2.24, 2.45) is 5.10 Å². The summed E-state index contributed by atoms with van der Waals surface area (Å²) in [4.78, 5) is 31.4. The lowest BCUT2D eigenvalue weighted by atomic mass is 10.1. The largest absolute Gasteiger partial charge is 0.328 e. The number of hydrogen-bond acceptors (Lipinski definition) is 6. The first-order valence-electron chi connectivity index (χ1n) is 9.56. The Labute approximate surface area is 175 Å².